The van der Waals surface area contributed by atoms with Crippen molar-refractivity contribution in [3.05, 3.63) is 0 Å². The summed E-state index contributed by atoms with van der Waals surface area (Å²) in [5.74, 6) is 2.92. The zero-order valence-electron chi connectivity index (χ0n) is 37.7. The van der Waals surface area contributed by atoms with E-state index >= 15 is 0 Å². The number of nitrogens with zero attached hydrogens (tertiary/aromatic N) is 2. The normalized spacial score (nSPS) is 29.3. The molecule has 13 heteroatoms. The molecule has 0 aromatic carbocycles. The van der Waals surface area contributed by atoms with E-state index in [0.29, 0.717) is 69.0 Å². The van der Waals surface area contributed by atoms with Crippen molar-refractivity contribution in [2.75, 3.05) is 52.5 Å². The van der Waals surface area contributed by atoms with Crippen LogP contribution in [0.25, 0.3) is 0 Å². The molecule has 3 aliphatic carbocycles. The minimum Gasteiger partial charge on any atom is -0.378 e. The fraction of sp³-hybridized carbons (Fsp3) is 0.933. The van der Waals surface area contributed by atoms with E-state index in [-0.39, 0.29) is 47.0 Å². The minimum atomic E-state index is 0.0140. The molecule has 13 nitrogen and oxygen atoms in total. The molecule has 8 atom stereocenters. The molecule has 0 bridgehead atoms. The zero-order chi connectivity index (χ0) is 42.4. The molecule has 0 aromatic rings. The average Bonchev–Trinajstić information content (AvgIpc) is 3.55. The average molecular weight is 819 g/mol. The van der Waals surface area contributed by atoms with Crippen LogP contribution in [0.15, 0.2) is 9.98 Å². The van der Waals surface area contributed by atoms with Gasteiger partial charge in [-0.15, -0.1) is 0 Å². The van der Waals surface area contributed by atoms with Crippen LogP contribution in [0, 0.1) is 45.8 Å². The fourth-order valence-corrected chi connectivity index (χ4v) is 11.4. The van der Waals surface area contributed by atoms with E-state index in [1.807, 2.05) is 0 Å². The molecule has 0 heterocycles. The van der Waals surface area contributed by atoms with Crippen LogP contribution in [0.4, 0.5) is 0 Å². The number of aliphatic imine (C=N–C) groups is 2. The van der Waals surface area contributed by atoms with Crippen LogP contribution in [0.2, 0.25) is 0 Å². The second kappa shape index (κ2) is 26.8. The van der Waals surface area contributed by atoms with E-state index in [0.717, 1.165) is 70.9 Å². The summed E-state index contributed by atoms with van der Waals surface area (Å²) in [7, 11) is 0. The monoisotopic (exact) mass is 819 g/mol. The standard InChI is InChI=1S/C45H90N10O3/c1-6-8-9-10-11-12-24-52-25-13-17-33(3)35-18-19-36-40(38(7-2)57-30-15-27-54-42(48)49)37(32-39(45(35,36)5)58-31-16-28-55-43(50)51)44(4)22-20-34(21-23-44)56-29-14-26-53-41(46)47/h33-40,52H,6-32H2,1-5H3,(H4,46,47,53)(H4,48,49,54)(H4,50,51,55)/t33-,34?,35-,36+,37+,38-,39+,40?,44?,45-/m1/s1. The topological polar surface area (TPSA) is 230 Å². The highest BCUT2D eigenvalue weighted by Crippen LogP contribution is 2.66. The second-order valence-electron chi connectivity index (χ2n) is 18.6. The molecular weight excluding hydrogens is 729 g/mol. The molecule has 3 rings (SSSR count). The molecule has 0 saturated heterocycles. The first-order valence-electron chi connectivity index (χ1n) is 23.6. The van der Waals surface area contributed by atoms with Crippen molar-refractivity contribution in [2.24, 2.45) is 79.1 Å². The Morgan fingerprint density at radius 2 is 1.38 bits per heavy atom. The lowest BCUT2D eigenvalue weighted by Crippen LogP contribution is -2.59. The van der Waals surface area contributed by atoms with Crippen molar-refractivity contribution >= 4 is 17.9 Å². The maximum atomic E-state index is 7.42. The predicted molar refractivity (Wildman–Crippen MR) is 242 cm³/mol. The minimum absolute atomic E-state index is 0.0140. The molecule has 3 aliphatic rings. The van der Waals surface area contributed by atoms with Gasteiger partial charge in [0.15, 0.2) is 17.9 Å². The third kappa shape index (κ3) is 15.9. The van der Waals surface area contributed by atoms with Gasteiger partial charge in [-0.2, -0.15) is 0 Å². The van der Waals surface area contributed by atoms with Gasteiger partial charge in [-0.25, -0.2) is 0 Å². The number of fused-ring (bicyclic) bond motifs is 1. The molecule has 338 valence electrons. The Hall–Kier alpha value is -2.35. The molecule has 1 unspecified atom stereocenters. The van der Waals surface area contributed by atoms with Gasteiger partial charge in [0.05, 0.1) is 18.3 Å². The summed E-state index contributed by atoms with van der Waals surface area (Å²) in [5, 5.41) is 14.1. The zero-order valence-corrected chi connectivity index (χ0v) is 37.7. The Labute approximate surface area is 353 Å². The Morgan fingerprint density at radius 1 is 0.741 bits per heavy atom. The van der Waals surface area contributed by atoms with Crippen LogP contribution in [0.5, 0.6) is 0 Å². The van der Waals surface area contributed by atoms with Crippen LogP contribution in [0.3, 0.4) is 0 Å². The van der Waals surface area contributed by atoms with Crippen molar-refractivity contribution in [2.45, 2.75) is 175 Å². The van der Waals surface area contributed by atoms with E-state index in [2.05, 4.69) is 55.2 Å². The number of nitrogens with two attached hydrogens (primary N) is 5. The Morgan fingerprint density at radius 3 is 2.03 bits per heavy atom. The van der Waals surface area contributed by atoms with Gasteiger partial charge in [-0.1, -0.05) is 66.7 Å². The summed E-state index contributed by atoms with van der Waals surface area (Å²) in [6.07, 6.45) is 22.5. The highest BCUT2D eigenvalue weighted by Gasteiger charge is 2.63. The molecule has 0 aliphatic heterocycles. The number of ether oxygens (including phenoxy) is 3. The largest absolute Gasteiger partial charge is 0.378 e. The van der Waals surface area contributed by atoms with Crippen molar-refractivity contribution in [1.29, 1.82) is 5.41 Å². The number of nitrogens with one attached hydrogen (secondary N) is 3. The van der Waals surface area contributed by atoms with E-state index in [9.17, 15) is 0 Å². The van der Waals surface area contributed by atoms with Gasteiger partial charge in [0, 0.05) is 44.9 Å². The summed E-state index contributed by atoms with van der Waals surface area (Å²) in [4.78, 5) is 8.51. The summed E-state index contributed by atoms with van der Waals surface area (Å²) in [6, 6.07) is 0. The van der Waals surface area contributed by atoms with Crippen LogP contribution < -0.4 is 39.3 Å². The van der Waals surface area contributed by atoms with Crippen molar-refractivity contribution in [1.82, 2.24) is 10.6 Å². The fourth-order valence-electron chi connectivity index (χ4n) is 11.4. The third-order valence-electron chi connectivity index (χ3n) is 14.5. The van der Waals surface area contributed by atoms with Crippen LogP contribution >= 0.6 is 0 Å². The number of guanidine groups is 3. The molecule has 0 amide bonds. The van der Waals surface area contributed by atoms with Gasteiger partial charge in [0.25, 0.3) is 0 Å². The Bertz CT molecular complexity index is 1190. The van der Waals surface area contributed by atoms with E-state index in [4.69, 9.17) is 48.3 Å². The van der Waals surface area contributed by atoms with Gasteiger partial charge < -0.3 is 53.5 Å². The summed E-state index contributed by atoms with van der Waals surface area (Å²) in [6.45, 7) is 18.4. The Kier molecular flexibility index (Phi) is 23.1. The molecule has 0 radical (unpaired) electrons. The van der Waals surface area contributed by atoms with Crippen molar-refractivity contribution in [3.63, 3.8) is 0 Å². The maximum absolute atomic E-state index is 7.42. The van der Waals surface area contributed by atoms with Crippen LogP contribution in [-0.2, 0) is 14.2 Å². The SMILES string of the molecule is CCCCCCCCNCCC[C@@H](C)[C@H]1CC[C@H]2C([C@@H](CC)OCCCN=C(N)N)[C@@H](C3(C)CCC(OCCCNC(=N)N)CC3)C[C@H](OCCCN=C(N)N)[C@]12C. The smallest absolute Gasteiger partial charge is 0.185 e. The van der Waals surface area contributed by atoms with E-state index in [1.165, 1.54) is 64.2 Å². The number of hydrogen-bond acceptors (Lipinski definition) is 7. The number of rotatable bonds is 30. The lowest BCUT2D eigenvalue weighted by atomic mass is 9.48. The Balaban J connectivity index is 1.82. The molecule has 3 saturated carbocycles. The quantitative estimate of drug-likeness (QED) is 0.0227. The summed E-state index contributed by atoms with van der Waals surface area (Å²) >= 11 is 0. The molecule has 3 fully saturated rings. The van der Waals surface area contributed by atoms with Crippen molar-refractivity contribution in [3.8, 4) is 0 Å². The third-order valence-corrected chi connectivity index (χ3v) is 14.5. The summed E-state index contributed by atoms with van der Waals surface area (Å²) < 4.78 is 20.5. The van der Waals surface area contributed by atoms with Crippen LogP contribution in [0.1, 0.15) is 157 Å². The first-order valence-corrected chi connectivity index (χ1v) is 23.6. The first kappa shape index (κ1) is 50.0. The molecule has 58 heavy (non-hydrogen) atoms. The molecular formula is C45H90N10O3. The maximum Gasteiger partial charge on any atom is 0.185 e. The molecule has 0 spiro atoms. The van der Waals surface area contributed by atoms with E-state index in [1.54, 1.807) is 0 Å². The lowest BCUT2D eigenvalue weighted by molar-refractivity contribution is -0.191. The van der Waals surface area contributed by atoms with Gasteiger partial charge in [-0.3, -0.25) is 15.4 Å². The van der Waals surface area contributed by atoms with Crippen LogP contribution in [-0.4, -0.2) is 88.7 Å². The highest BCUT2D eigenvalue weighted by atomic mass is 16.5. The van der Waals surface area contributed by atoms with Gasteiger partial charge in [0.2, 0.25) is 0 Å². The van der Waals surface area contributed by atoms with Gasteiger partial charge >= 0.3 is 0 Å². The second-order valence-corrected chi connectivity index (χ2v) is 18.6. The molecule has 13 N–H and O–H groups in total. The highest BCUT2D eigenvalue weighted by molar-refractivity contribution is 5.76. The first-order chi connectivity index (χ1) is 27.9. The number of unbranched alkanes of at least 4 members (excludes halogenated alkanes) is 5. The lowest BCUT2D eigenvalue weighted by Gasteiger charge is -2.60. The predicted octanol–water partition coefficient (Wildman–Crippen LogP) is 6.37. The van der Waals surface area contributed by atoms with Crippen molar-refractivity contribution < 1.29 is 14.2 Å². The van der Waals surface area contributed by atoms with E-state index < -0.39 is 0 Å². The summed E-state index contributed by atoms with van der Waals surface area (Å²) in [5.41, 5.74) is 28.3. The molecule has 0 aromatic heterocycles. The van der Waals surface area contributed by atoms with Gasteiger partial charge in [0.1, 0.15) is 0 Å². The number of hydrogen-bond donors (Lipinski definition) is 8. The van der Waals surface area contributed by atoms with Gasteiger partial charge in [-0.05, 0) is 138 Å².